The van der Waals surface area contributed by atoms with Crippen LogP contribution in [0.1, 0.15) is 29.7 Å². The maximum absolute atomic E-state index is 15.5. The molecule has 3 aromatic rings. The third-order valence-corrected chi connectivity index (χ3v) is 14.2. The van der Waals surface area contributed by atoms with Gasteiger partial charge in [-0.15, -0.1) is 6.58 Å². The molecule has 4 aliphatic heterocycles. The highest BCUT2D eigenvalue weighted by Gasteiger charge is 2.43. The highest BCUT2D eigenvalue weighted by molar-refractivity contribution is 6.57. The molecule has 0 aliphatic carbocycles. The van der Waals surface area contributed by atoms with Crippen LogP contribution in [0, 0.1) is 18.3 Å². The van der Waals surface area contributed by atoms with Crippen molar-refractivity contribution in [2.24, 2.45) is 0 Å². The number of amides is 1. The van der Waals surface area contributed by atoms with Gasteiger partial charge in [0.15, 0.2) is 8.96 Å². The Bertz CT molecular complexity index is 1880. The molecule has 7 rings (SSSR count). The average molecular weight is 727 g/mol. The van der Waals surface area contributed by atoms with Gasteiger partial charge in [-0.05, 0) is 43.5 Å². The van der Waals surface area contributed by atoms with Crippen molar-refractivity contribution in [1.82, 2.24) is 24.3 Å². The van der Waals surface area contributed by atoms with Gasteiger partial charge in [-0.3, -0.25) is 9.69 Å². The highest BCUT2D eigenvalue weighted by Crippen LogP contribution is 2.37. The third kappa shape index (κ3) is 7.56. The average Bonchev–Trinajstić information content (AvgIpc) is 3.41. The topological polar surface area (TPSA) is 92.1 Å². The fourth-order valence-corrected chi connectivity index (χ4v) is 11.1. The first-order chi connectivity index (χ1) is 25.1. The number of alkyl halides is 2. The quantitative estimate of drug-likeness (QED) is 0.161. The van der Waals surface area contributed by atoms with Gasteiger partial charge in [0.2, 0.25) is 5.91 Å². The Morgan fingerprint density at radius 1 is 1.15 bits per heavy atom. The Hall–Kier alpha value is -4.38. The summed E-state index contributed by atoms with van der Waals surface area (Å²) >= 11 is 0. The van der Waals surface area contributed by atoms with Crippen LogP contribution in [0.2, 0.25) is 6.04 Å². The number of nitriles is 1. The first kappa shape index (κ1) is 36.0. The second-order valence-corrected chi connectivity index (χ2v) is 17.7. The van der Waals surface area contributed by atoms with Crippen molar-refractivity contribution in [3.05, 3.63) is 78.0 Å². The Balaban J connectivity index is 1.15. The van der Waals surface area contributed by atoms with E-state index in [4.69, 9.17) is 14.7 Å². The highest BCUT2D eigenvalue weighted by atomic mass is 28.3. The lowest BCUT2D eigenvalue weighted by Crippen LogP contribution is -2.55. The SMILES string of the molecule is C=CCC1(F)CN(C)[Si@H](COc2nc3c(c(N4CCN(C(=O)/C=C/CN5CC(F)C5)[C@@H](CC#N)C4)n2)CCN(c2cccc4cccc(C)c24)C3)C1. The molecular formula is C39H48F2N8O2Si. The molecule has 2 aromatic carbocycles. The number of aromatic nitrogens is 2. The van der Waals surface area contributed by atoms with Crippen LogP contribution in [0.4, 0.5) is 20.3 Å². The van der Waals surface area contributed by atoms with Crippen LogP contribution in [0.5, 0.6) is 6.01 Å². The van der Waals surface area contributed by atoms with E-state index in [1.807, 2.05) is 11.9 Å². The van der Waals surface area contributed by atoms with Crippen molar-refractivity contribution in [3.8, 4) is 12.1 Å². The number of hydrogen-bond acceptors (Lipinski definition) is 9. The predicted molar refractivity (Wildman–Crippen MR) is 203 cm³/mol. The maximum Gasteiger partial charge on any atom is 0.318 e. The monoisotopic (exact) mass is 726 g/mol. The Morgan fingerprint density at radius 2 is 1.96 bits per heavy atom. The number of anilines is 2. The summed E-state index contributed by atoms with van der Waals surface area (Å²) in [5.41, 5.74) is 3.06. The molecule has 274 valence electrons. The van der Waals surface area contributed by atoms with Gasteiger partial charge in [0, 0.05) is 81.5 Å². The molecule has 0 saturated carbocycles. The van der Waals surface area contributed by atoms with Crippen molar-refractivity contribution in [1.29, 1.82) is 5.26 Å². The summed E-state index contributed by atoms with van der Waals surface area (Å²) in [6, 6.07) is 15.5. The zero-order valence-corrected chi connectivity index (χ0v) is 31.3. The van der Waals surface area contributed by atoms with E-state index in [-0.39, 0.29) is 24.4 Å². The molecule has 1 aromatic heterocycles. The maximum atomic E-state index is 15.5. The second kappa shape index (κ2) is 15.3. The number of rotatable bonds is 11. The number of benzene rings is 2. The Kier molecular flexibility index (Phi) is 10.6. The minimum atomic E-state index is -1.76. The number of carbonyl (C=O) groups is 1. The van der Waals surface area contributed by atoms with Crippen LogP contribution in [-0.2, 0) is 17.8 Å². The second-order valence-electron chi connectivity index (χ2n) is 14.8. The summed E-state index contributed by atoms with van der Waals surface area (Å²) in [6.45, 7) is 10.4. The molecule has 5 heterocycles. The molecule has 52 heavy (non-hydrogen) atoms. The zero-order chi connectivity index (χ0) is 36.4. The molecule has 0 radical (unpaired) electrons. The van der Waals surface area contributed by atoms with E-state index in [1.165, 1.54) is 22.0 Å². The van der Waals surface area contributed by atoms with E-state index in [2.05, 4.69) is 70.3 Å². The van der Waals surface area contributed by atoms with Crippen LogP contribution in [0.25, 0.3) is 10.8 Å². The van der Waals surface area contributed by atoms with E-state index in [0.717, 1.165) is 30.0 Å². The molecule has 10 nitrogen and oxygen atoms in total. The van der Waals surface area contributed by atoms with Gasteiger partial charge in [0.05, 0.1) is 37.0 Å². The minimum Gasteiger partial charge on any atom is -0.466 e. The molecule has 3 atom stereocenters. The number of carbonyl (C=O) groups excluding carboxylic acids is 1. The normalized spacial score (nSPS) is 24.2. The first-order valence-corrected chi connectivity index (χ1v) is 20.5. The number of fused-ring (bicyclic) bond motifs is 2. The fourth-order valence-electron chi connectivity index (χ4n) is 8.34. The van der Waals surface area contributed by atoms with Gasteiger partial charge in [-0.1, -0.05) is 42.5 Å². The minimum absolute atomic E-state index is 0.141. The lowest BCUT2D eigenvalue weighted by atomic mass is 9.99. The number of hydrogen-bond donors (Lipinski definition) is 0. The molecule has 4 aliphatic rings. The van der Waals surface area contributed by atoms with Crippen LogP contribution < -0.4 is 14.5 Å². The molecule has 0 bridgehead atoms. The summed E-state index contributed by atoms with van der Waals surface area (Å²) in [7, 11) is 0.217. The number of nitrogens with zero attached hydrogens (tertiary/aromatic N) is 8. The number of likely N-dealkylation sites (tertiary alicyclic amines) is 1. The van der Waals surface area contributed by atoms with Gasteiger partial charge < -0.3 is 24.0 Å². The van der Waals surface area contributed by atoms with Crippen molar-refractivity contribution < 1.29 is 18.3 Å². The van der Waals surface area contributed by atoms with Crippen LogP contribution in [0.3, 0.4) is 0 Å². The van der Waals surface area contributed by atoms with Crippen molar-refractivity contribution in [2.45, 2.75) is 56.7 Å². The van der Waals surface area contributed by atoms with E-state index >= 15 is 4.39 Å². The van der Waals surface area contributed by atoms with E-state index in [9.17, 15) is 14.4 Å². The number of piperazine rings is 1. The first-order valence-electron chi connectivity index (χ1n) is 18.4. The molecule has 1 amide bonds. The standard InChI is InChI=1S/C39H48F2N8O2Si/c1-4-15-39(41)25-45(3)52(26-39)27-51-38-43-33-24-47(34-11-6-10-29-9-5-8-28(2)36(29)34)18-14-32(33)37(44-38)48-19-20-49(31(23-48)13-16-42)35(50)12-7-17-46-21-30(40)22-46/h4-12,30-31,52H,1,13-15,17-27H2,2-3H3/b12-7+/t31-,39?,52-/m0/s1. The van der Waals surface area contributed by atoms with E-state index < -0.39 is 20.8 Å². The molecule has 3 saturated heterocycles. The molecule has 0 N–H and O–H groups in total. The number of halogens is 2. The summed E-state index contributed by atoms with van der Waals surface area (Å²) in [5.74, 6) is 0.642. The molecule has 3 fully saturated rings. The lowest BCUT2D eigenvalue weighted by Gasteiger charge is -2.42. The Labute approximate surface area is 306 Å². The largest absolute Gasteiger partial charge is 0.466 e. The Morgan fingerprint density at radius 3 is 2.73 bits per heavy atom. The fraction of sp³-hybridized carbons (Fsp3) is 0.487. The zero-order valence-electron chi connectivity index (χ0n) is 30.2. The number of allylic oxidation sites excluding steroid dienone is 1. The number of ether oxygens (including phenoxy) is 1. The van der Waals surface area contributed by atoms with Gasteiger partial charge in [0.1, 0.15) is 17.7 Å². The van der Waals surface area contributed by atoms with Crippen molar-refractivity contribution in [2.75, 3.05) is 75.4 Å². The summed E-state index contributed by atoms with van der Waals surface area (Å²) < 4.78 is 37.2. The van der Waals surface area contributed by atoms with Crippen molar-refractivity contribution >= 4 is 37.1 Å². The number of aryl methyl sites for hydroxylation is 1. The lowest BCUT2D eigenvalue weighted by molar-refractivity contribution is -0.128. The van der Waals surface area contributed by atoms with Gasteiger partial charge >= 0.3 is 6.01 Å². The van der Waals surface area contributed by atoms with Crippen LogP contribution >= 0.6 is 0 Å². The van der Waals surface area contributed by atoms with Gasteiger partial charge in [-0.2, -0.15) is 15.2 Å². The smallest absolute Gasteiger partial charge is 0.318 e. The summed E-state index contributed by atoms with van der Waals surface area (Å²) in [5, 5.41) is 12.2. The van der Waals surface area contributed by atoms with Crippen LogP contribution in [-0.4, -0.2) is 123 Å². The summed E-state index contributed by atoms with van der Waals surface area (Å²) in [6.07, 6.45) is 5.84. The van der Waals surface area contributed by atoms with Gasteiger partial charge in [-0.25, -0.2) is 8.78 Å². The van der Waals surface area contributed by atoms with Crippen LogP contribution in [0.15, 0.2) is 61.2 Å². The molecule has 13 heteroatoms. The van der Waals surface area contributed by atoms with E-state index in [1.54, 1.807) is 23.1 Å². The van der Waals surface area contributed by atoms with Crippen molar-refractivity contribution in [3.63, 3.8) is 0 Å². The predicted octanol–water partition coefficient (Wildman–Crippen LogP) is 4.51. The summed E-state index contributed by atoms with van der Waals surface area (Å²) in [4.78, 5) is 31.6. The third-order valence-electron chi connectivity index (χ3n) is 11.1. The molecule has 0 spiro atoms. The molecule has 1 unspecified atom stereocenters. The van der Waals surface area contributed by atoms with Gasteiger partial charge in [0.25, 0.3) is 0 Å². The van der Waals surface area contributed by atoms with E-state index in [0.29, 0.717) is 71.1 Å². The molecular weight excluding hydrogens is 679 g/mol.